The predicted molar refractivity (Wildman–Crippen MR) is 56.0 cm³/mol. The van der Waals surface area contributed by atoms with Crippen molar-refractivity contribution in [1.29, 1.82) is 0 Å². The second kappa shape index (κ2) is 5.15. The number of allylic oxidation sites excluding steroid dienone is 1. The van der Waals surface area contributed by atoms with Gasteiger partial charge in [-0.2, -0.15) is 0 Å². The molecule has 0 unspecified atom stereocenters. The topological polar surface area (TPSA) is 38.3 Å². The Morgan fingerprint density at radius 2 is 2.29 bits per heavy atom. The Morgan fingerprint density at radius 3 is 2.79 bits per heavy atom. The number of ether oxygens (including phenoxy) is 1. The summed E-state index contributed by atoms with van der Waals surface area (Å²) in [5, 5.41) is 2.91. The lowest BCUT2D eigenvalue weighted by atomic mass is 10.1. The Hall–Kier alpha value is -0.830. The van der Waals surface area contributed by atoms with Crippen molar-refractivity contribution in [3.8, 4) is 0 Å². The second-order valence-electron chi connectivity index (χ2n) is 4.07. The summed E-state index contributed by atoms with van der Waals surface area (Å²) in [6.45, 7) is 6.65. The van der Waals surface area contributed by atoms with Crippen LogP contribution in [0.2, 0.25) is 0 Å². The molecule has 0 aromatic heterocycles. The molecular weight excluding hydrogens is 178 g/mol. The Balaban J connectivity index is 2.35. The fourth-order valence-corrected chi connectivity index (χ4v) is 1.62. The number of amides is 1. The first-order valence-corrected chi connectivity index (χ1v) is 5.16. The molecule has 3 nitrogen and oxygen atoms in total. The lowest BCUT2D eigenvalue weighted by Crippen LogP contribution is -2.40. The molecule has 1 fully saturated rings. The lowest BCUT2D eigenvalue weighted by Gasteiger charge is -2.19. The van der Waals surface area contributed by atoms with Crippen LogP contribution in [0.15, 0.2) is 11.6 Å². The Labute approximate surface area is 85.5 Å². The number of nitrogens with one attached hydrogen (secondary N) is 1. The fourth-order valence-electron chi connectivity index (χ4n) is 1.62. The van der Waals surface area contributed by atoms with Crippen molar-refractivity contribution in [2.24, 2.45) is 0 Å². The lowest BCUT2D eigenvalue weighted by molar-refractivity contribution is -0.117. The largest absolute Gasteiger partial charge is 0.376 e. The molecule has 1 saturated heterocycles. The van der Waals surface area contributed by atoms with Crippen LogP contribution in [0.4, 0.5) is 0 Å². The molecule has 14 heavy (non-hydrogen) atoms. The highest BCUT2D eigenvalue weighted by Crippen LogP contribution is 2.15. The van der Waals surface area contributed by atoms with Crippen LogP contribution >= 0.6 is 0 Å². The van der Waals surface area contributed by atoms with Gasteiger partial charge in [0.05, 0.1) is 12.1 Å². The van der Waals surface area contributed by atoms with E-state index >= 15 is 0 Å². The molecule has 1 aliphatic heterocycles. The summed E-state index contributed by atoms with van der Waals surface area (Å²) in [6, 6.07) is 0.112. The molecule has 0 aromatic carbocycles. The monoisotopic (exact) mass is 197 g/mol. The summed E-state index contributed by atoms with van der Waals surface area (Å²) in [7, 11) is 0. The van der Waals surface area contributed by atoms with Crippen molar-refractivity contribution in [3.05, 3.63) is 11.6 Å². The van der Waals surface area contributed by atoms with Gasteiger partial charge in [0.2, 0.25) is 5.91 Å². The molecule has 0 aliphatic carbocycles. The van der Waals surface area contributed by atoms with Gasteiger partial charge in [0.25, 0.3) is 0 Å². The highest BCUT2D eigenvalue weighted by atomic mass is 16.5. The Kier molecular flexibility index (Phi) is 4.14. The molecule has 0 aromatic rings. The van der Waals surface area contributed by atoms with E-state index in [0.717, 1.165) is 25.0 Å². The molecule has 0 spiro atoms. The van der Waals surface area contributed by atoms with E-state index < -0.39 is 0 Å². The van der Waals surface area contributed by atoms with Gasteiger partial charge >= 0.3 is 0 Å². The summed E-state index contributed by atoms with van der Waals surface area (Å²) in [5.41, 5.74) is 1.02. The van der Waals surface area contributed by atoms with Gasteiger partial charge in [-0.3, -0.25) is 4.79 Å². The molecule has 0 bridgehead atoms. The maximum atomic E-state index is 11.4. The van der Waals surface area contributed by atoms with Crippen LogP contribution in [0.25, 0.3) is 0 Å². The first kappa shape index (κ1) is 11.2. The van der Waals surface area contributed by atoms with Gasteiger partial charge in [0.15, 0.2) is 0 Å². The van der Waals surface area contributed by atoms with Gasteiger partial charge in [-0.05, 0) is 33.6 Å². The smallest absolute Gasteiger partial charge is 0.244 e. The highest BCUT2D eigenvalue weighted by Gasteiger charge is 2.22. The van der Waals surface area contributed by atoms with Crippen LogP contribution < -0.4 is 5.32 Å². The fraction of sp³-hybridized carbons (Fsp3) is 0.727. The van der Waals surface area contributed by atoms with Gasteiger partial charge < -0.3 is 10.1 Å². The second-order valence-corrected chi connectivity index (χ2v) is 4.07. The average molecular weight is 197 g/mol. The first-order valence-electron chi connectivity index (χ1n) is 5.16. The number of carbonyl (C=O) groups is 1. The molecular formula is C11H19NO2. The molecule has 2 atom stereocenters. The van der Waals surface area contributed by atoms with Crippen LogP contribution in [0, 0.1) is 0 Å². The standard InChI is InChI=1S/C11H19NO2/c1-8(2)7-11(13)12-9(3)10-5-4-6-14-10/h7,9-10H,4-6H2,1-3H3,(H,12,13)/t9-,10+/m1/s1. The minimum Gasteiger partial charge on any atom is -0.376 e. The van der Waals surface area contributed by atoms with Gasteiger partial charge in [-0.1, -0.05) is 5.57 Å². The maximum absolute atomic E-state index is 11.4. The molecule has 1 rings (SSSR count). The normalized spacial score (nSPS) is 22.9. The predicted octanol–water partition coefficient (Wildman–Crippen LogP) is 1.64. The number of rotatable bonds is 3. The number of carbonyl (C=O) groups excluding carboxylic acids is 1. The Bertz CT molecular complexity index is 225. The molecule has 1 N–H and O–H groups in total. The maximum Gasteiger partial charge on any atom is 0.244 e. The first-order chi connectivity index (χ1) is 6.59. The Morgan fingerprint density at radius 1 is 1.57 bits per heavy atom. The van der Waals surface area contributed by atoms with E-state index in [2.05, 4.69) is 5.32 Å². The molecule has 1 heterocycles. The van der Waals surface area contributed by atoms with E-state index in [4.69, 9.17) is 4.74 Å². The highest BCUT2D eigenvalue weighted by molar-refractivity contribution is 5.88. The van der Waals surface area contributed by atoms with Crippen molar-refractivity contribution >= 4 is 5.91 Å². The van der Waals surface area contributed by atoms with E-state index in [9.17, 15) is 4.79 Å². The van der Waals surface area contributed by atoms with Crippen molar-refractivity contribution in [3.63, 3.8) is 0 Å². The molecule has 1 aliphatic rings. The number of hydrogen-bond acceptors (Lipinski definition) is 2. The third kappa shape index (κ3) is 3.50. The van der Waals surface area contributed by atoms with Crippen LogP contribution in [0.1, 0.15) is 33.6 Å². The van der Waals surface area contributed by atoms with Gasteiger partial charge in [-0.25, -0.2) is 0 Å². The molecule has 0 radical (unpaired) electrons. The van der Waals surface area contributed by atoms with Crippen LogP contribution in [-0.4, -0.2) is 24.7 Å². The van der Waals surface area contributed by atoms with Crippen LogP contribution in [0.3, 0.4) is 0 Å². The van der Waals surface area contributed by atoms with Crippen LogP contribution in [0.5, 0.6) is 0 Å². The SMILES string of the molecule is CC(C)=CC(=O)N[C@H](C)[C@@H]1CCCO1. The van der Waals surface area contributed by atoms with E-state index in [1.54, 1.807) is 6.08 Å². The zero-order valence-electron chi connectivity index (χ0n) is 9.17. The van der Waals surface area contributed by atoms with Crippen LogP contribution in [-0.2, 0) is 9.53 Å². The van der Waals surface area contributed by atoms with Crippen molar-refractivity contribution < 1.29 is 9.53 Å². The van der Waals surface area contributed by atoms with E-state index in [-0.39, 0.29) is 18.1 Å². The third-order valence-electron chi connectivity index (χ3n) is 2.31. The third-order valence-corrected chi connectivity index (χ3v) is 2.31. The molecule has 0 saturated carbocycles. The summed E-state index contributed by atoms with van der Waals surface area (Å²) >= 11 is 0. The summed E-state index contributed by atoms with van der Waals surface area (Å²) < 4.78 is 5.49. The molecule has 3 heteroatoms. The average Bonchev–Trinajstić information content (AvgIpc) is 2.53. The summed E-state index contributed by atoms with van der Waals surface area (Å²) in [5.74, 6) is -0.0204. The minimum absolute atomic E-state index is 0.0204. The van der Waals surface area contributed by atoms with E-state index in [1.807, 2.05) is 20.8 Å². The van der Waals surface area contributed by atoms with Gasteiger partial charge in [0.1, 0.15) is 0 Å². The number of hydrogen-bond donors (Lipinski definition) is 1. The van der Waals surface area contributed by atoms with E-state index in [0.29, 0.717) is 0 Å². The summed E-state index contributed by atoms with van der Waals surface area (Å²) in [4.78, 5) is 11.4. The molecule has 1 amide bonds. The minimum atomic E-state index is -0.0204. The van der Waals surface area contributed by atoms with Crippen molar-refractivity contribution in [2.45, 2.75) is 45.8 Å². The van der Waals surface area contributed by atoms with Crippen molar-refractivity contribution in [2.75, 3.05) is 6.61 Å². The zero-order chi connectivity index (χ0) is 10.6. The van der Waals surface area contributed by atoms with Gasteiger partial charge in [-0.15, -0.1) is 0 Å². The van der Waals surface area contributed by atoms with Gasteiger partial charge in [0, 0.05) is 12.7 Å². The quantitative estimate of drug-likeness (QED) is 0.698. The van der Waals surface area contributed by atoms with E-state index in [1.165, 1.54) is 0 Å². The van der Waals surface area contributed by atoms with Crippen molar-refractivity contribution in [1.82, 2.24) is 5.32 Å². The summed E-state index contributed by atoms with van der Waals surface area (Å²) in [6.07, 6.45) is 3.97. The zero-order valence-corrected chi connectivity index (χ0v) is 9.17. The molecule has 80 valence electrons.